The highest BCUT2D eigenvalue weighted by Gasteiger charge is 2.33. The first kappa shape index (κ1) is 21.9. The molecule has 3 heterocycles. The van der Waals surface area contributed by atoms with Gasteiger partial charge in [-0.15, -0.1) is 0 Å². The third-order valence-corrected chi connectivity index (χ3v) is 8.18. The zero-order valence-corrected chi connectivity index (χ0v) is 19.1. The normalized spacial score (nSPS) is 20.0. The molecule has 1 aromatic heterocycles. The van der Waals surface area contributed by atoms with Gasteiger partial charge in [-0.05, 0) is 45.1 Å². The second kappa shape index (κ2) is 9.04. The number of benzene rings is 1. The van der Waals surface area contributed by atoms with E-state index in [2.05, 4.69) is 12.1 Å². The monoisotopic (exact) mass is 442 g/mol. The highest BCUT2D eigenvalue weighted by atomic mass is 32.2. The van der Waals surface area contributed by atoms with E-state index in [0.717, 1.165) is 30.5 Å². The maximum Gasteiger partial charge on any atom is 0.228 e. The second-order valence-electron chi connectivity index (χ2n) is 8.35. The minimum atomic E-state index is -3.24. The highest BCUT2D eigenvalue weighted by Crippen LogP contribution is 2.32. The number of fused-ring (bicyclic) bond motifs is 1. The lowest BCUT2D eigenvalue weighted by atomic mass is 9.97. The van der Waals surface area contributed by atoms with Gasteiger partial charge in [0, 0.05) is 43.2 Å². The summed E-state index contributed by atoms with van der Waals surface area (Å²) in [7, 11) is -3.24. The summed E-state index contributed by atoms with van der Waals surface area (Å²) in [6.07, 6.45) is 3.53. The molecular weight excluding hydrogens is 412 g/mol. The number of piperidine rings is 1. The van der Waals surface area contributed by atoms with Crippen molar-refractivity contribution in [3.63, 3.8) is 0 Å². The minimum absolute atomic E-state index is 0.0490. The van der Waals surface area contributed by atoms with Gasteiger partial charge in [-0.3, -0.25) is 9.69 Å². The zero-order chi connectivity index (χ0) is 22.0. The lowest BCUT2D eigenvalue weighted by molar-refractivity contribution is -0.118. The molecular formula is C23H30N4O3S. The highest BCUT2D eigenvalue weighted by molar-refractivity contribution is 7.89. The van der Waals surface area contributed by atoms with E-state index in [1.807, 2.05) is 25.1 Å². The number of carbonyl (C=O) groups excluding carboxylic acids is 1. The molecule has 0 aliphatic carbocycles. The number of aryl methyl sites for hydroxylation is 1. The lowest BCUT2D eigenvalue weighted by Crippen LogP contribution is -2.41. The molecule has 1 saturated heterocycles. The van der Waals surface area contributed by atoms with Crippen LogP contribution in [0.15, 0.2) is 30.3 Å². The fourth-order valence-electron chi connectivity index (χ4n) is 4.49. The molecule has 31 heavy (non-hydrogen) atoms. The van der Waals surface area contributed by atoms with Crippen molar-refractivity contribution >= 4 is 21.7 Å². The molecule has 0 radical (unpaired) electrons. The molecule has 8 heteroatoms. The average molecular weight is 443 g/mol. The van der Waals surface area contributed by atoms with Gasteiger partial charge in [0.1, 0.15) is 11.6 Å². The van der Waals surface area contributed by atoms with Crippen molar-refractivity contribution in [1.29, 1.82) is 0 Å². The van der Waals surface area contributed by atoms with Gasteiger partial charge in [0.15, 0.2) is 0 Å². The second-order valence-corrected chi connectivity index (χ2v) is 10.6. The van der Waals surface area contributed by atoms with E-state index in [4.69, 9.17) is 9.97 Å². The fourth-order valence-corrected chi connectivity index (χ4v) is 5.67. The average Bonchev–Trinajstić information content (AvgIpc) is 2.79. The maximum absolute atomic E-state index is 12.8. The Kier molecular flexibility index (Phi) is 6.39. The van der Waals surface area contributed by atoms with Crippen LogP contribution < -0.4 is 4.90 Å². The number of hydrogen-bond donors (Lipinski definition) is 0. The van der Waals surface area contributed by atoms with Gasteiger partial charge in [0.25, 0.3) is 0 Å². The minimum Gasteiger partial charge on any atom is -0.296 e. The number of hydrogen-bond acceptors (Lipinski definition) is 5. The summed E-state index contributed by atoms with van der Waals surface area (Å²) in [6.45, 7) is 5.19. The summed E-state index contributed by atoms with van der Waals surface area (Å²) in [5.41, 5.74) is 3.11. The van der Waals surface area contributed by atoms with Gasteiger partial charge in [0.05, 0.1) is 5.75 Å². The van der Waals surface area contributed by atoms with Crippen LogP contribution in [0, 0.1) is 6.92 Å². The SMILES string of the molecule is CCS(=O)(=O)N1CCC[C@H](c2nc(C)c3c(n2)N(CCc2ccccc2)C(=O)CC3)C1. The van der Waals surface area contributed by atoms with E-state index >= 15 is 0 Å². The lowest BCUT2D eigenvalue weighted by Gasteiger charge is -2.33. The van der Waals surface area contributed by atoms with Gasteiger partial charge < -0.3 is 0 Å². The van der Waals surface area contributed by atoms with Crippen LogP contribution in [0.25, 0.3) is 0 Å². The quantitative estimate of drug-likeness (QED) is 0.687. The first-order chi connectivity index (χ1) is 14.9. The number of nitrogens with zero attached hydrogens (tertiary/aromatic N) is 4. The van der Waals surface area contributed by atoms with Gasteiger partial charge in [-0.25, -0.2) is 22.7 Å². The maximum atomic E-state index is 12.8. The van der Waals surface area contributed by atoms with Crippen molar-refractivity contribution in [2.24, 2.45) is 0 Å². The number of amides is 1. The van der Waals surface area contributed by atoms with Gasteiger partial charge in [-0.2, -0.15) is 0 Å². The van der Waals surface area contributed by atoms with Crippen molar-refractivity contribution in [3.8, 4) is 0 Å². The molecule has 0 saturated carbocycles. The van der Waals surface area contributed by atoms with Crippen LogP contribution in [0.3, 0.4) is 0 Å². The number of aromatic nitrogens is 2. The van der Waals surface area contributed by atoms with E-state index < -0.39 is 10.0 Å². The predicted molar refractivity (Wildman–Crippen MR) is 121 cm³/mol. The molecule has 4 rings (SSSR count). The molecule has 7 nitrogen and oxygen atoms in total. The van der Waals surface area contributed by atoms with Crippen LogP contribution in [0.5, 0.6) is 0 Å². The molecule has 2 aliphatic heterocycles. The van der Waals surface area contributed by atoms with Crippen molar-refractivity contribution in [1.82, 2.24) is 14.3 Å². The first-order valence-electron chi connectivity index (χ1n) is 11.1. The Morgan fingerprint density at radius 1 is 1.13 bits per heavy atom. The molecule has 1 fully saturated rings. The van der Waals surface area contributed by atoms with E-state index in [1.54, 1.807) is 16.1 Å². The van der Waals surface area contributed by atoms with E-state index in [9.17, 15) is 13.2 Å². The Bertz CT molecular complexity index is 1060. The molecule has 0 unspecified atom stereocenters. The summed E-state index contributed by atoms with van der Waals surface area (Å²) in [5.74, 6) is 1.51. The smallest absolute Gasteiger partial charge is 0.228 e. The Balaban J connectivity index is 1.61. The molecule has 0 N–H and O–H groups in total. The Hall–Kier alpha value is -2.32. The molecule has 1 atom stereocenters. The van der Waals surface area contributed by atoms with Crippen LogP contribution in [0.1, 0.15) is 54.7 Å². The van der Waals surface area contributed by atoms with Crippen molar-refractivity contribution < 1.29 is 13.2 Å². The summed E-state index contributed by atoms with van der Waals surface area (Å²) < 4.78 is 26.3. The van der Waals surface area contributed by atoms with Gasteiger partial charge >= 0.3 is 0 Å². The molecule has 2 aromatic rings. The van der Waals surface area contributed by atoms with Crippen LogP contribution in [0.2, 0.25) is 0 Å². The topological polar surface area (TPSA) is 83.5 Å². The molecule has 0 spiro atoms. The Morgan fingerprint density at radius 3 is 2.65 bits per heavy atom. The number of carbonyl (C=O) groups is 1. The number of rotatable bonds is 6. The van der Waals surface area contributed by atoms with Gasteiger partial charge in [-0.1, -0.05) is 30.3 Å². The van der Waals surface area contributed by atoms with Crippen molar-refractivity contribution in [2.75, 3.05) is 30.3 Å². The molecule has 1 amide bonds. The molecule has 1 aromatic carbocycles. The fraction of sp³-hybridized carbons (Fsp3) is 0.522. The molecule has 166 valence electrons. The van der Waals surface area contributed by atoms with Crippen LogP contribution in [-0.4, -0.2) is 54.0 Å². The zero-order valence-electron chi connectivity index (χ0n) is 18.2. The molecule has 0 bridgehead atoms. The third kappa shape index (κ3) is 4.65. The Morgan fingerprint density at radius 2 is 1.90 bits per heavy atom. The summed E-state index contributed by atoms with van der Waals surface area (Å²) in [5, 5.41) is 0. The van der Waals surface area contributed by atoms with Crippen LogP contribution >= 0.6 is 0 Å². The third-order valence-electron chi connectivity index (χ3n) is 6.33. The predicted octanol–water partition coefficient (Wildman–Crippen LogP) is 2.84. The van der Waals surface area contributed by atoms with Gasteiger partial charge in [0.2, 0.25) is 15.9 Å². The summed E-state index contributed by atoms with van der Waals surface area (Å²) in [4.78, 5) is 24.2. The van der Waals surface area contributed by atoms with E-state index in [0.29, 0.717) is 44.1 Å². The summed E-state index contributed by atoms with van der Waals surface area (Å²) in [6, 6.07) is 10.1. The van der Waals surface area contributed by atoms with Crippen LogP contribution in [0.4, 0.5) is 5.82 Å². The van der Waals surface area contributed by atoms with E-state index in [-0.39, 0.29) is 17.6 Å². The van der Waals surface area contributed by atoms with Crippen molar-refractivity contribution in [3.05, 3.63) is 53.0 Å². The number of sulfonamides is 1. The Labute approximate surface area is 184 Å². The first-order valence-corrected chi connectivity index (χ1v) is 12.7. The van der Waals surface area contributed by atoms with Crippen LogP contribution in [-0.2, 0) is 27.7 Å². The molecule has 2 aliphatic rings. The van der Waals surface area contributed by atoms with Crippen molar-refractivity contribution in [2.45, 2.75) is 51.9 Å². The summed E-state index contributed by atoms with van der Waals surface area (Å²) >= 11 is 0. The number of anilines is 1. The van der Waals surface area contributed by atoms with E-state index in [1.165, 1.54) is 5.56 Å². The standard InChI is InChI=1S/C23H30N4O3S/c1-3-31(29,30)26-14-7-10-19(16-26)22-24-17(2)20-11-12-21(28)27(23(20)25-22)15-13-18-8-5-4-6-9-18/h4-6,8-9,19H,3,7,10-16H2,1-2H3/t19-/m0/s1. The largest absolute Gasteiger partial charge is 0.296 e.